The molecule has 4 nitrogen and oxygen atoms in total. The Morgan fingerprint density at radius 3 is 1.09 bits per heavy atom. The maximum absolute atomic E-state index is 12.7. The molecule has 0 bridgehead atoms. The number of carbonyl (C=O) groups is 2. The fourth-order valence-corrected chi connectivity index (χ4v) is 5.62. The van der Waals surface area contributed by atoms with Crippen LogP contribution in [0.2, 0.25) is 0 Å². The van der Waals surface area contributed by atoms with Crippen LogP contribution in [0.4, 0.5) is 0 Å². The van der Waals surface area contributed by atoms with Gasteiger partial charge >= 0.3 is 11.9 Å². The van der Waals surface area contributed by atoms with Crippen LogP contribution in [-0.4, -0.2) is 25.2 Å². The molecule has 1 aromatic carbocycles. The van der Waals surface area contributed by atoms with Gasteiger partial charge in [-0.3, -0.25) is 0 Å². The molecule has 1 rings (SSSR count). The Kier molecular flexibility index (Phi) is 28.0. The number of benzene rings is 1. The van der Waals surface area contributed by atoms with Gasteiger partial charge in [-0.1, -0.05) is 167 Å². The van der Waals surface area contributed by atoms with Crippen LogP contribution in [0.25, 0.3) is 0 Å². The van der Waals surface area contributed by atoms with Crippen LogP contribution in [0, 0.1) is 0 Å². The maximum atomic E-state index is 12.7. The van der Waals surface area contributed by atoms with E-state index in [0.29, 0.717) is 24.3 Å². The number of carbonyl (C=O) groups excluding carboxylic acids is 2. The Morgan fingerprint density at radius 1 is 0.455 bits per heavy atom. The molecule has 0 aliphatic carbocycles. The Hall–Kier alpha value is -2.10. The number of hydrogen-bond donors (Lipinski definition) is 0. The first-order valence-electron chi connectivity index (χ1n) is 18.8. The van der Waals surface area contributed by atoms with Crippen molar-refractivity contribution < 1.29 is 19.1 Å². The van der Waals surface area contributed by atoms with Gasteiger partial charge < -0.3 is 9.47 Å². The monoisotopic (exact) mass is 613 g/mol. The molecule has 0 amide bonds. The molecule has 0 heterocycles. The molecule has 44 heavy (non-hydrogen) atoms. The van der Waals surface area contributed by atoms with Crippen molar-refractivity contribution in [1.29, 1.82) is 0 Å². The summed E-state index contributed by atoms with van der Waals surface area (Å²) in [4.78, 5) is 25.4. The van der Waals surface area contributed by atoms with Crippen molar-refractivity contribution in [2.24, 2.45) is 0 Å². The third kappa shape index (κ3) is 23.3. The van der Waals surface area contributed by atoms with Gasteiger partial charge in [0.25, 0.3) is 0 Å². The zero-order valence-electron chi connectivity index (χ0n) is 28.9. The normalized spacial score (nSPS) is 11.3. The highest BCUT2D eigenvalue weighted by Gasteiger charge is 2.18. The van der Waals surface area contributed by atoms with Gasteiger partial charge in [0.15, 0.2) is 0 Å². The van der Waals surface area contributed by atoms with Gasteiger partial charge in [-0.25, -0.2) is 9.59 Å². The van der Waals surface area contributed by atoms with Crippen molar-refractivity contribution in [3.05, 3.63) is 47.5 Å². The van der Waals surface area contributed by atoms with Crippen LogP contribution in [0.1, 0.15) is 202 Å². The topological polar surface area (TPSA) is 52.6 Å². The van der Waals surface area contributed by atoms with Gasteiger partial charge in [-0.2, -0.15) is 0 Å². The van der Waals surface area contributed by atoms with Gasteiger partial charge in [0.05, 0.1) is 24.3 Å². The smallest absolute Gasteiger partial charge is 0.339 e. The van der Waals surface area contributed by atoms with Crippen molar-refractivity contribution in [3.8, 4) is 0 Å². The summed E-state index contributed by atoms with van der Waals surface area (Å²) in [6, 6.07) is 6.85. The molecule has 0 aromatic heterocycles. The van der Waals surface area contributed by atoms with Crippen LogP contribution in [0.15, 0.2) is 36.4 Å². The molecule has 1 aromatic rings. The third-order valence-electron chi connectivity index (χ3n) is 8.49. The van der Waals surface area contributed by atoms with Crippen molar-refractivity contribution in [1.82, 2.24) is 0 Å². The highest BCUT2D eigenvalue weighted by Crippen LogP contribution is 2.15. The lowest BCUT2D eigenvalue weighted by molar-refractivity contribution is 0.0450. The van der Waals surface area contributed by atoms with E-state index in [1.54, 1.807) is 24.3 Å². The lowest BCUT2D eigenvalue weighted by Gasteiger charge is -2.10. The van der Waals surface area contributed by atoms with E-state index in [-0.39, 0.29) is 0 Å². The van der Waals surface area contributed by atoms with Gasteiger partial charge in [0.2, 0.25) is 0 Å². The first kappa shape index (κ1) is 39.9. The van der Waals surface area contributed by atoms with Crippen LogP contribution in [0.5, 0.6) is 0 Å². The van der Waals surface area contributed by atoms with Crippen LogP contribution >= 0.6 is 0 Å². The summed E-state index contributed by atoms with van der Waals surface area (Å²) in [6.45, 7) is 5.32. The number of unbranched alkanes of at least 4 members (excludes halogenated alkanes) is 23. The van der Waals surface area contributed by atoms with Crippen LogP contribution in [0.3, 0.4) is 0 Å². The molecular formula is C40H68O4. The van der Waals surface area contributed by atoms with Gasteiger partial charge in [0.1, 0.15) is 0 Å². The molecule has 252 valence electrons. The first-order chi connectivity index (χ1) is 21.7. The lowest BCUT2D eigenvalue weighted by Crippen LogP contribution is -2.15. The van der Waals surface area contributed by atoms with Gasteiger partial charge in [0, 0.05) is 0 Å². The molecule has 0 spiro atoms. The second-order valence-corrected chi connectivity index (χ2v) is 12.6. The van der Waals surface area contributed by atoms with Crippen molar-refractivity contribution in [2.75, 3.05) is 13.2 Å². The second kappa shape index (κ2) is 30.9. The van der Waals surface area contributed by atoms with E-state index >= 15 is 0 Å². The molecule has 0 unspecified atom stereocenters. The zero-order valence-corrected chi connectivity index (χ0v) is 28.9. The van der Waals surface area contributed by atoms with E-state index in [4.69, 9.17) is 9.47 Å². The molecule has 0 saturated heterocycles. The zero-order chi connectivity index (χ0) is 31.8. The fourth-order valence-electron chi connectivity index (χ4n) is 5.62. The van der Waals surface area contributed by atoms with Crippen LogP contribution < -0.4 is 0 Å². The molecule has 0 atom stereocenters. The summed E-state index contributed by atoms with van der Waals surface area (Å²) in [7, 11) is 0. The van der Waals surface area contributed by atoms with Crippen molar-refractivity contribution >= 4 is 11.9 Å². The highest BCUT2D eigenvalue weighted by atomic mass is 16.5. The largest absolute Gasteiger partial charge is 0.462 e. The lowest BCUT2D eigenvalue weighted by atomic mass is 10.1. The predicted octanol–water partition coefficient (Wildman–Crippen LogP) is 12.7. The number of allylic oxidation sites excluding steroid dienone is 2. The summed E-state index contributed by atoms with van der Waals surface area (Å²) >= 11 is 0. The van der Waals surface area contributed by atoms with Gasteiger partial charge in [-0.05, 0) is 50.7 Å². The number of hydrogen-bond acceptors (Lipinski definition) is 4. The second-order valence-electron chi connectivity index (χ2n) is 12.6. The molecule has 0 saturated carbocycles. The van der Waals surface area contributed by atoms with E-state index < -0.39 is 11.9 Å². The summed E-state index contributed by atoms with van der Waals surface area (Å²) < 4.78 is 11.0. The van der Waals surface area contributed by atoms with Gasteiger partial charge in [-0.15, -0.1) is 0 Å². The van der Waals surface area contributed by atoms with E-state index in [2.05, 4.69) is 26.0 Å². The molecule has 0 N–H and O–H groups in total. The standard InChI is InChI=1S/C40H68O4/c1-3-5-7-9-11-13-15-17-18-19-20-22-24-26-28-32-36-44-40(42)38-34-30-29-33-37(38)39(41)43-35-31-27-25-23-21-16-14-12-10-8-6-4-2/h17-18,29-30,33-34H,3-16,19-28,31-32,35-36H2,1-2H3. The Bertz CT molecular complexity index is 830. The van der Waals surface area contributed by atoms with Crippen LogP contribution in [-0.2, 0) is 9.47 Å². The Balaban J connectivity index is 2.05. The molecular weight excluding hydrogens is 544 g/mol. The molecule has 4 heteroatoms. The van der Waals surface area contributed by atoms with E-state index in [1.165, 1.54) is 141 Å². The summed E-state index contributed by atoms with van der Waals surface area (Å²) in [5.74, 6) is -0.867. The summed E-state index contributed by atoms with van der Waals surface area (Å²) in [6.07, 6.45) is 37.4. The molecule has 0 aliphatic rings. The van der Waals surface area contributed by atoms with E-state index in [9.17, 15) is 9.59 Å². The number of rotatable bonds is 31. The Morgan fingerprint density at radius 2 is 0.750 bits per heavy atom. The molecule has 0 fully saturated rings. The van der Waals surface area contributed by atoms with Crippen molar-refractivity contribution in [2.45, 2.75) is 181 Å². The minimum absolute atomic E-state index is 0.303. The van der Waals surface area contributed by atoms with E-state index in [0.717, 1.165) is 25.7 Å². The average molecular weight is 613 g/mol. The van der Waals surface area contributed by atoms with E-state index in [1.807, 2.05) is 0 Å². The Labute approximate surface area is 272 Å². The quantitative estimate of drug-likeness (QED) is 0.0475. The predicted molar refractivity (Wildman–Crippen MR) is 188 cm³/mol. The first-order valence-corrected chi connectivity index (χ1v) is 18.8. The molecule has 0 aliphatic heterocycles. The van der Waals surface area contributed by atoms with Crippen molar-refractivity contribution in [3.63, 3.8) is 0 Å². The highest BCUT2D eigenvalue weighted by molar-refractivity contribution is 6.03. The number of esters is 2. The number of ether oxygens (including phenoxy) is 2. The summed E-state index contributed by atoms with van der Waals surface area (Å²) in [5, 5.41) is 0. The average Bonchev–Trinajstić information content (AvgIpc) is 3.04. The fraction of sp³-hybridized carbons (Fsp3) is 0.750. The summed E-state index contributed by atoms with van der Waals surface area (Å²) in [5.41, 5.74) is 0.606. The SMILES string of the molecule is CCCCCCCCC=CCCCCCCCCOC(=O)c1ccccc1C(=O)OCCCCCCCCCCCCCC. The molecule has 0 radical (unpaired) electrons. The third-order valence-corrected chi connectivity index (χ3v) is 8.49. The minimum Gasteiger partial charge on any atom is -0.462 e. The maximum Gasteiger partial charge on any atom is 0.339 e. The minimum atomic E-state index is -0.435.